The van der Waals surface area contributed by atoms with Gasteiger partial charge in [-0.1, -0.05) is 56.3 Å². The van der Waals surface area contributed by atoms with Crippen LogP contribution < -0.4 is 0 Å². The summed E-state index contributed by atoms with van der Waals surface area (Å²) in [5, 5.41) is 12.3. The summed E-state index contributed by atoms with van der Waals surface area (Å²) in [6, 6.07) is 10.1. The molecule has 2 nitrogen and oxygen atoms in total. The van der Waals surface area contributed by atoms with E-state index in [9.17, 15) is 0 Å². The third kappa shape index (κ3) is 1.95. The topological polar surface area (TPSA) is 32.6 Å². The summed E-state index contributed by atoms with van der Waals surface area (Å²) >= 11 is 0. The Labute approximate surface area is 85.3 Å². The van der Waals surface area contributed by atoms with E-state index in [1.165, 1.54) is 5.56 Å². The Balaban J connectivity index is 3.07. The van der Waals surface area contributed by atoms with Gasteiger partial charge in [-0.15, -0.1) is 0 Å². The Morgan fingerprint density at radius 3 is 2.29 bits per heavy atom. The number of oxime groups is 1. The average Bonchev–Trinajstić information content (AvgIpc) is 2.20. The zero-order chi connectivity index (χ0) is 10.6. The van der Waals surface area contributed by atoms with Crippen molar-refractivity contribution in [3.05, 3.63) is 35.9 Å². The molecule has 0 saturated carbocycles. The predicted molar refractivity (Wildman–Crippen MR) is 59.0 cm³/mol. The van der Waals surface area contributed by atoms with Crippen molar-refractivity contribution in [3.63, 3.8) is 0 Å². The maximum atomic E-state index is 8.91. The Morgan fingerprint density at radius 1 is 1.29 bits per heavy atom. The quantitative estimate of drug-likeness (QED) is 0.444. The third-order valence-electron chi connectivity index (χ3n) is 2.67. The molecule has 1 N–H and O–H groups in total. The van der Waals surface area contributed by atoms with Gasteiger partial charge < -0.3 is 5.21 Å². The lowest BCUT2D eigenvalue weighted by atomic mass is 9.79. The van der Waals surface area contributed by atoms with Gasteiger partial charge in [-0.05, 0) is 12.0 Å². The lowest BCUT2D eigenvalue weighted by molar-refractivity contribution is 0.312. The molecule has 0 aliphatic carbocycles. The van der Waals surface area contributed by atoms with E-state index < -0.39 is 0 Å². The summed E-state index contributed by atoms with van der Waals surface area (Å²) < 4.78 is 0. The van der Waals surface area contributed by atoms with Gasteiger partial charge in [0.2, 0.25) is 0 Å². The zero-order valence-electron chi connectivity index (χ0n) is 8.99. The van der Waals surface area contributed by atoms with Gasteiger partial charge in [0.15, 0.2) is 0 Å². The first-order valence-corrected chi connectivity index (χ1v) is 4.89. The van der Waals surface area contributed by atoms with Gasteiger partial charge in [0.1, 0.15) is 0 Å². The van der Waals surface area contributed by atoms with E-state index in [-0.39, 0.29) is 5.41 Å². The average molecular weight is 191 g/mol. The molecular formula is C12H17NO. The van der Waals surface area contributed by atoms with Crippen molar-refractivity contribution in [2.24, 2.45) is 5.16 Å². The van der Waals surface area contributed by atoms with E-state index in [1.54, 1.807) is 0 Å². The van der Waals surface area contributed by atoms with E-state index in [2.05, 4.69) is 31.1 Å². The van der Waals surface area contributed by atoms with Crippen LogP contribution in [-0.2, 0) is 5.41 Å². The SMILES string of the molecule is CC/C(=N/O)C(C)(C)c1ccccc1. The minimum atomic E-state index is -0.190. The highest BCUT2D eigenvalue weighted by Gasteiger charge is 2.26. The fourth-order valence-electron chi connectivity index (χ4n) is 1.66. The van der Waals surface area contributed by atoms with E-state index in [0.717, 1.165) is 12.1 Å². The molecule has 0 radical (unpaired) electrons. The van der Waals surface area contributed by atoms with Gasteiger partial charge in [0, 0.05) is 5.41 Å². The fraction of sp³-hybridized carbons (Fsp3) is 0.417. The molecular weight excluding hydrogens is 174 g/mol. The molecule has 14 heavy (non-hydrogen) atoms. The molecule has 76 valence electrons. The van der Waals surface area contributed by atoms with Crippen LogP contribution in [0.1, 0.15) is 32.8 Å². The molecule has 0 atom stereocenters. The van der Waals surface area contributed by atoms with Crippen LogP contribution in [-0.4, -0.2) is 10.9 Å². The van der Waals surface area contributed by atoms with E-state index in [0.29, 0.717) is 0 Å². The van der Waals surface area contributed by atoms with Crippen LogP contribution in [0.2, 0.25) is 0 Å². The van der Waals surface area contributed by atoms with Crippen LogP contribution in [0, 0.1) is 0 Å². The molecule has 0 aliphatic heterocycles. The summed E-state index contributed by atoms with van der Waals surface area (Å²) in [4.78, 5) is 0. The Morgan fingerprint density at radius 2 is 1.86 bits per heavy atom. The van der Waals surface area contributed by atoms with Gasteiger partial charge in [-0.3, -0.25) is 0 Å². The van der Waals surface area contributed by atoms with Crippen molar-refractivity contribution in [1.82, 2.24) is 0 Å². The monoisotopic (exact) mass is 191 g/mol. The second-order valence-corrected chi connectivity index (χ2v) is 3.89. The van der Waals surface area contributed by atoms with Crippen molar-refractivity contribution in [3.8, 4) is 0 Å². The molecule has 0 saturated heterocycles. The number of hydrogen-bond acceptors (Lipinski definition) is 2. The van der Waals surface area contributed by atoms with Gasteiger partial charge >= 0.3 is 0 Å². The van der Waals surface area contributed by atoms with Gasteiger partial charge in [0.05, 0.1) is 5.71 Å². The second kappa shape index (κ2) is 4.27. The highest BCUT2D eigenvalue weighted by molar-refractivity contribution is 5.93. The third-order valence-corrected chi connectivity index (χ3v) is 2.67. The van der Waals surface area contributed by atoms with Crippen molar-refractivity contribution in [2.75, 3.05) is 0 Å². The number of nitrogens with zero attached hydrogens (tertiary/aromatic N) is 1. The van der Waals surface area contributed by atoms with Crippen molar-refractivity contribution >= 4 is 5.71 Å². The lowest BCUT2D eigenvalue weighted by Gasteiger charge is -2.25. The zero-order valence-corrected chi connectivity index (χ0v) is 8.99. The first kappa shape index (κ1) is 10.8. The van der Waals surface area contributed by atoms with Crippen molar-refractivity contribution in [2.45, 2.75) is 32.6 Å². The Bertz CT molecular complexity index is 314. The molecule has 0 heterocycles. The van der Waals surface area contributed by atoms with Gasteiger partial charge in [-0.25, -0.2) is 0 Å². The first-order valence-electron chi connectivity index (χ1n) is 4.89. The predicted octanol–water partition coefficient (Wildman–Crippen LogP) is 3.20. The van der Waals surface area contributed by atoms with Crippen LogP contribution >= 0.6 is 0 Å². The summed E-state index contributed by atoms with van der Waals surface area (Å²) in [6.45, 7) is 6.14. The van der Waals surface area contributed by atoms with E-state index in [1.807, 2.05) is 25.1 Å². The molecule has 1 aromatic rings. The number of hydrogen-bond donors (Lipinski definition) is 1. The van der Waals surface area contributed by atoms with Gasteiger partial charge in [0.25, 0.3) is 0 Å². The normalized spacial score (nSPS) is 12.9. The standard InChI is InChI=1S/C12H17NO/c1-4-11(13-14)12(2,3)10-8-6-5-7-9-10/h5-9,14H,4H2,1-3H3/b13-11-. The highest BCUT2D eigenvalue weighted by atomic mass is 16.4. The molecule has 2 heteroatoms. The summed E-state index contributed by atoms with van der Waals surface area (Å²) in [6.07, 6.45) is 0.762. The number of benzene rings is 1. The Hall–Kier alpha value is -1.31. The maximum absolute atomic E-state index is 8.91. The Kier molecular flexibility index (Phi) is 3.28. The van der Waals surface area contributed by atoms with Crippen LogP contribution in [0.4, 0.5) is 0 Å². The first-order chi connectivity index (χ1) is 6.62. The summed E-state index contributed by atoms with van der Waals surface area (Å²) in [5.41, 5.74) is 1.79. The van der Waals surface area contributed by atoms with Crippen molar-refractivity contribution in [1.29, 1.82) is 0 Å². The molecule has 0 amide bonds. The molecule has 0 spiro atoms. The molecule has 0 bridgehead atoms. The van der Waals surface area contributed by atoms with Crippen LogP contribution in [0.25, 0.3) is 0 Å². The second-order valence-electron chi connectivity index (χ2n) is 3.89. The van der Waals surface area contributed by atoms with Crippen LogP contribution in [0.5, 0.6) is 0 Å². The van der Waals surface area contributed by atoms with Crippen LogP contribution in [0.15, 0.2) is 35.5 Å². The summed E-state index contributed by atoms with van der Waals surface area (Å²) in [5.74, 6) is 0. The fourth-order valence-corrected chi connectivity index (χ4v) is 1.66. The molecule has 1 rings (SSSR count). The molecule has 0 fully saturated rings. The van der Waals surface area contributed by atoms with Crippen LogP contribution in [0.3, 0.4) is 0 Å². The van der Waals surface area contributed by atoms with E-state index in [4.69, 9.17) is 5.21 Å². The maximum Gasteiger partial charge on any atom is 0.0667 e. The molecule has 0 aliphatic rings. The van der Waals surface area contributed by atoms with Gasteiger partial charge in [-0.2, -0.15) is 0 Å². The van der Waals surface area contributed by atoms with Crippen molar-refractivity contribution < 1.29 is 5.21 Å². The number of rotatable bonds is 3. The largest absolute Gasteiger partial charge is 0.411 e. The molecule has 0 unspecified atom stereocenters. The molecule has 0 aromatic heterocycles. The summed E-state index contributed by atoms with van der Waals surface area (Å²) in [7, 11) is 0. The van der Waals surface area contributed by atoms with E-state index >= 15 is 0 Å². The minimum Gasteiger partial charge on any atom is -0.411 e. The lowest BCUT2D eigenvalue weighted by Crippen LogP contribution is -2.28. The smallest absolute Gasteiger partial charge is 0.0667 e. The minimum absolute atomic E-state index is 0.190. The highest BCUT2D eigenvalue weighted by Crippen LogP contribution is 2.25. The molecule has 1 aromatic carbocycles.